The highest BCUT2D eigenvalue weighted by Gasteiger charge is 2.04. The molecule has 0 radical (unpaired) electrons. The average Bonchev–Trinajstić information content (AvgIpc) is 2.53. The number of nitrogens with zero attached hydrogens (tertiary/aromatic N) is 1. The van der Waals surface area contributed by atoms with E-state index in [9.17, 15) is 0 Å². The van der Waals surface area contributed by atoms with E-state index in [0.717, 1.165) is 21.3 Å². The first kappa shape index (κ1) is 8.53. The lowest BCUT2D eigenvalue weighted by atomic mass is 10.2. The molecule has 0 aliphatic rings. The van der Waals surface area contributed by atoms with E-state index in [1.807, 2.05) is 24.3 Å². The van der Waals surface area contributed by atoms with Crippen LogP contribution in [0.2, 0.25) is 5.02 Å². The fourth-order valence-corrected chi connectivity index (χ4v) is 1.76. The van der Waals surface area contributed by atoms with Gasteiger partial charge in [-0.25, -0.2) is 4.98 Å². The second-order valence-electron chi connectivity index (χ2n) is 2.57. The number of nitrogen functional groups attached to an aromatic ring is 1. The highest BCUT2D eigenvalue weighted by atomic mass is 35.5. The molecular formula is C9H7ClN2S. The van der Waals surface area contributed by atoms with E-state index < -0.39 is 0 Å². The zero-order chi connectivity index (χ0) is 9.26. The van der Waals surface area contributed by atoms with Crippen molar-refractivity contribution in [3.63, 3.8) is 0 Å². The molecule has 0 saturated heterocycles. The van der Waals surface area contributed by atoms with Crippen molar-refractivity contribution in [1.82, 2.24) is 4.98 Å². The summed E-state index contributed by atoms with van der Waals surface area (Å²) in [6.07, 6.45) is 0. The number of anilines is 1. The van der Waals surface area contributed by atoms with Gasteiger partial charge in [-0.2, -0.15) is 0 Å². The Labute approximate surface area is 85.0 Å². The zero-order valence-corrected chi connectivity index (χ0v) is 8.27. The molecule has 0 amide bonds. The number of nitrogens with two attached hydrogens (primary N) is 1. The molecule has 2 aromatic rings. The third-order valence-corrected chi connectivity index (χ3v) is 2.62. The van der Waals surface area contributed by atoms with Crippen molar-refractivity contribution in [1.29, 1.82) is 0 Å². The average molecular weight is 211 g/mol. The molecule has 1 heterocycles. The summed E-state index contributed by atoms with van der Waals surface area (Å²) >= 11 is 7.20. The minimum Gasteiger partial charge on any atom is -0.389 e. The summed E-state index contributed by atoms with van der Waals surface area (Å²) in [5.74, 6) is 0. The number of hydrogen-bond acceptors (Lipinski definition) is 3. The van der Waals surface area contributed by atoms with E-state index in [0.29, 0.717) is 0 Å². The monoisotopic (exact) mass is 210 g/mol. The van der Waals surface area contributed by atoms with Gasteiger partial charge >= 0.3 is 0 Å². The molecule has 0 unspecified atom stereocenters. The summed E-state index contributed by atoms with van der Waals surface area (Å²) in [6, 6.07) is 7.48. The van der Waals surface area contributed by atoms with Crippen LogP contribution in [0, 0.1) is 0 Å². The topological polar surface area (TPSA) is 38.9 Å². The molecule has 1 aromatic heterocycles. The maximum Gasteiger partial charge on any atom is 0.114 e. The first-order chi connectivity index (χ1) is 6.27. The molecule has 66 valence electrons. The third kappa shape index (κ3) is 1.66. The van der Waals surface area contributed by atoms with Crippen LogP contribution >= 0.6 is 22.9 Å². The largest absolute Gasteiger partial charge is 0.389 e. The fourth-order valence-electron chi connectivity index (χ4n) is 1.08. The van der Waals surface area contributed by atoms with Crippen LogP contribution in [0.1, 0.15) is 0 Å². The molecule has 0 saturated carbocycles. The molecule has 0 fully saturated rings. The van der Waals surface area contributed by atoms with Crippen LogP contribution in [0.15, 0.2) is 29.8 Å². The van der Waals surface area contributed by atoms with Gasteiger partial charge in [-0.05, 0) is 12.1 Å². The number of benzene rings is 1. The van der Waals surface area contributed by atoms with E-state index >= 15 is 0 Å². The van der Waals surface area contributed by atoms with Gasteiger partial charge in [-0.15, -0.1) is 11.3 Å². The smallest absolute Gasteiger partial charge is 0.114 e. The van der Waals surface area contributed by atoms with E-state index in [1.165, 1.54) is 11.3 Å². The normalized spacial score (nSPS) is 10.2. The molecular weight excluding hydrogens is 204 g/mol. The second-order valence-corrected chi connectivity index (χ2v) is 3.89. The maximum absolute atomic E-state index is 5.76. The van der Waals surface area contributed by atoms with Crippen molar-refractivity contribution in [3.05, 3.63) is 34.8 Å². The molecule has 2 rings (SSSR count). The van der Waals surface area contributed by atoms with Crippen molar-refractivity contribution in [2.75, 3.05) is 5.73 Å². The van der Waals surface area contributed by atoms with Gasteiger partial charge in [0.15, 0.2) is 0 Å². The van der Waals surface area contributed by atoms with E-state index in [2.05, 4.69) is 4.98 Å². The van der Waals surface area contributed by atoms with Gasteiger partial charge in [-0.1, -0.05) is 23.7 Å². The lowest BCUT2D eigenvalue weighted by molar-refractivity contribution is 1.41. The molecule has 13 heavy (non-hydrogen) atoms. The number of rotatable bonds is 1. The standard InChI is InChI=1S/C9H7ClN2S/c10-7-3-1-6(2-4-7)8-9(11)13-5-12-8/h1-5H,11H2. The van der Waals surface area contributed by atoms with Crippen molar-refractivity contribution < 1.29 is 0 Å². The van der Waals surface area contributed by atoms with Crippen LogP contribution in [0.4, 0.5) is 5.00 Å². The van der Waals surface area contributed by atoms with Gasteiger partial charge in [-0.3, -0.25) is 0 Å². The lowest BCUT2D eigenvalue weighted by Crippen LogP contribution is -1.84. The number of halogens is 1. The van der Waals surface area contributed by atoms with Crippen LogP contribution in [0.3, 0.4) is 0 Å². The molecule has 0 atom stereocenters. The Hall–Kier alpha value is -1.06. The molecule has 1 aromatic carbocycles. The molecule has 0 aliphatic heterocycles. The summed E-state index contributed by atoms with van der Waals surface area (Å²) in [6.45, 7) is 0. The Kier molecular flexibility index (Phi) is 2.20. The fraction of sp³-hybridized carbons (Fsp3) is 0. The van der Waals surface area contributed by atoms with Crippen LogP contribution in [-0.4, -0.2) is 4.98 Å². The van der Waals surface area contributed by atoms with Gasteiger partial charge in [0.05, 0.1) is 5.51 Å². The Morgan fingerprint density at radius 1 is 1.23 bits per heavy atom. The van der Waals surface area contributed by atoms with Crippen LogP contribution in [0.5, 0.6) is 0 Å². The highest BCUT2D eigenvalue weighted by Crippen LogP contribution is 2.27. The van der Waals surface area contributed by atoms with Crippen molar-refractivity contribution in [3.8, 4) is 11.3 Å². The summed E-state index contributed by atoms with van der Waals surface area (Å²) in [5.41, 5.74) is 9.31. The number of hydrogen-bond donors (Lipinski definition) is 1. The Bertz CT molecular complexity index is 408. The van der Waals surface area contributed by atoms with Crippen molar-refractivity contribution in [2.45, 2.75) is 0 Å². The van der Waals surface area contributed by atoms with E-state index in [4.69, 9.17) is 17.3 Å². The minimum absolute atomic E-state index is 0.720. The molecule has 2 nitrogen and oxygen atoms in total. The van der Waals surface area contributed by atoms with Crippen LogP contribution in [-0.2, 0) is 0 Å². The van der Waals surface area contributed by atoms with Crippen LogP contribution < -0.4 is 5.73 Å². The van der Waals surface area contributed by atoms with Crippen LogP contribution in [0.25, 0.3) is 11.3 Å². The van der Waals surface area contributed by atoms with E-state index in [1.54, 1.807) is 5.51 Å². The van der Waals surface area contributed by atoms with Gasteiger partial charge < -0.3 is 5.73 Å². The van der Waals surface area contributed by atoms with Crippen molar-refractivity contribution in [2.24, 2.45) is 0 Å². The Morgan fingerprint density at radius 2 is 1.92 bits per heavy atom. The molecule has 0 aliphatic carbocycles. The van der Waals surface area contributed by atoms with E-state index in [-0.39, 0.29) is 0 Å². The molecule has 0 spiro atoms. The van der Waals surface area contributed by atoms with Gasteiger partial charge in [0.25, 0.3) is 0 Å². The zero-order valence-electron chi connectivity index (χ0n) is 6.70. The summed E-state index contributed by atoms with van der Waals surface area (Å²) in [5, 5.41) is 1.46. The summed E-state index contributed by atoms with van der Waals surface area (Å²) < 4.78 is 0. The third-order valence-electron chi connectivity index (χ3n) is 1.71. The quantitative estimate of drug-likeness (QED) is 0.786. The maximum atomic E-state index is 5.76. The second kappa shape index (κ2) is 3.36. The van der Waals surface area contributed by atoms with Gasteiger partial charge in [0.2, 0.25) is 0 Å². The molecule has 2 N–H and O–H groups in total. The summed E-state index contributed by atoms with van der Waals surface area (Å²) in [4.78, 5) is 4.17. The Balaban J connectivity index is 2.47. The molecule has 0 bridgehead atoms. The predicted octanol–water partition coefficient (Wildman–Crippen LogP) is 3.05. The Morgan fingerprint density at radius 3 is 2.46 bits per heavy atom. The van der Waals surface area contributed by atoms with Crippen molar-refractivity contribution >= 4 is 27.9 Å². The van der Waals surface area contributed by atoms with Gasteiger partial charge in [0, 0.05) is 10.6 Å². The number of thiazole rings is 1. The van der Waals surface area contributed by atoms with Gasteiger partial charge in [0.1, 0.15) is 10.7 Å². The minimum atomic E-state index is 0.720. The SMILES string of the molecule is Nc1scnc1-c1ccc(Cl)cc1. The number of aromatic nitrogens is 1. The first-order valence-corrected chi connectivity index (χ1v) is 4.98. The highest BCUT2D eigenvalue weighted by molar-refractivity contribution is 7.14. The predicted molar refractivity (Wildman–Crippen MR) is 57.0 cm³/mol. The first-order valence-electron chi connectivity index (χ1n) is 3.72. The molecule has 4 heteroatoms. The summed E-state index contributed by atoms with van der Waals surface area (Å²) in [7, 11) is 0. The lowest BCUT2D eigenvalue weighted by Gasteiger charge is -1.97.